The highest BCUT2D eigenvalue weighted by Crippen LogP contribution is 2.23. The van der Waals surface area contributed by atoms with Gasteiger partial charge in [-0.2, -0.15) is 0 Å². The Labute approximate surface area is 144 Å². The average Bonchev–Trinajstić information content (AvgIpc) is 2.56. The number of hydrogen-bond donors (Lipinski definition) is 1. The highest BCUT2D eigenvalue weighted by atomic mass is 16.5. The molecule has 134 valence electrons. The van der Waals surface area contributed by atoms with Gasteiger partial charge in [0.25, 0.3) is 5.91 Å². The number of carbonyl (C=O) groups excluding carboxylic acids is 2. The van der Waals surface area contributed by atoms with Crippen LogP contribution in [0.1, 0.15) is 31.7 Å². The van der Waals surface area contributed by atoms with Gasteiger partial charge in [-0.15, -0.1) is 0 Å². The van der Waals surface area contributed by atoms with E-state index < -0.39 is 11.6 Å². The largest absolute Gasteiger partial charge is 0.550 e. The van der Waals surface area contributed by atoms with E-state index in [2.05, 4.69) is 5.32 Å². The van der Waals surface area contributed by atoms with E-state index >= 15 is 0 Å². The van der Waals surface area contributed by atoms with Gasteiger partial charge in [-0.25, -0.2) is 4.79 Å². The minimum atomic E-state index is -1.15. The topological polar surface area (TPSA) is 109 Å². The molecule has 1 aromatic heterocycles. The first-order valence-corrected chi connectivity index (χ1v) is 8.15. The highest BCUT2D eigenvalue weighted by molar-refractivity contribution is 5.82. The van der Waals surface area contributed by atoms with Crippen LogP contribution in [0.15, 0.2) is 33.5 Å². The van der Waals surface area contributed by atoms with Gasteiger partial charge >= 0.3 is 5.63 Å². The van der Waals surface area contributed by atoms with Crippen LogP contribution >= 0.6 is 0 Å². The third-order valence-corrected chi connectivity index (χ3v) is 3.57. The number of hydrogen-bond acceptors (Lipinski definition) is 6. The standard InChI is InChI=1S/C18H21NO6/c1-2-4-12-9-18(23)25-15-10-13(6-7-14(12)15)24-11-16(20)19-8-3-5-17(21)22/h6-7,9-10H,2-5,8,11H2,1H3,(H,19,20)(H,21,22)/p-1. The van der Waals surface area contributed by atoms with Crippen LogP contribution in [-0.4, -0.2) is 25.0 Å². The summed E-state index contributed by atoms with van der Waals surface area (Å²) >= 11 is 0. The van der Waals surface area contributed by atoms with Crippen LogP contribution in [0, 0.1) is 0 Å². The lowest BCUT2D eigenvalue weighted by Gasteiger charge is -2.09. The van der Waals surface area contributed by atoms with E-state index in [4.69, 9.17) is 9.15 Å². The van der Waals surface area contributed by atoms with Gasteiger partial charge in [0.1, 0.15) is 11.3 Å². The van der Waals surface area contributed by atoms with Crippen LogP contribution < -0.4 is 20.8 Å². The Bertz CT molecular complexity index is 811. The molecule has 0 aliphatic heterocycles. The van der Waals surface area contributed by atoms with Gasteiger partial charge in [0.15, 0.2) is 6.61 Å². The van der Waals surface area contributed by atoms with Gasteiger partial charge < -0.3 is 24.4 Å². The Morgan fingerprint density at radius 3 is 2.80 bits per heavy atom. The van der Waals surface area contributed by atoms with Gasteiger partial charge in [0, 0.05) is 30.0 Å². The number of nitrogens with one attached hydrogen (secondary N) is 1. The maximum Gasteiger partial charge on any atom is 0.336 e. The van der Waals surface area contributed by atoms with Gasteiger partial charge in [0.2, 0.25) is 0 Å². The number of carboxylic acid groups (broad SMARTS) is 1. The van der Waals surface area contributed by atoms with Crippen molar-refractivity contribution in [2.24, 2.45) is 0 Å². The molecule has 1 amide bonds. The molecule has 0 atom stereocenters. The van der Waals surface area contributed by atoms with Crippen LogP contribution in [0.5, 0.6) is 5.75 Å². The van der Waals surface area contributed by atoms with Crippen molar-refractivity contribution >= 4 is 22.8 Å². The van der Waals surface area contributed by atoms with E-state index in [1.807, 2.05) is 6.92 Å². The zero-order valence-electron chi connectivity index (χ0n) is 14.0. The SMILES string of the molecule is CCCc1cc(=O)oc2cc(OCC(=O)NCCCC(=O)[O-])ccc12. The molecule has 0 fully saturated rings. The summed E-state index contributed by atoms with van der Waals surface area (Å²) in [6, 6.07) is 6.59. The lowest BCUT2D eigenvalue weighted by atomic mass is 10.1. The predicted molar refractivity (Wildman–Crippen MR) is 89.2 cm³/mol. The van der Waals surface area contributed by atoms with Gasteiger partial charge in [-0.05, 0) is 37.0 Å². The summed E-state index contributed by atoms with van der Waals surface area (Å²) in [6.45, 7) is 2.06. The molecule has 0 bridgehead atoms. The molecule has 0 saturated heterocycles. The third-order valence-electron chi connectivity index (χ3n) is 3.57. The molecule has 0 radical (unpaired) electrons. The van der Waals surface area contributed by atoms with Crippen molar-refractivity contribution in [2.45, 2.75) is 32.6 Å². The molecule has 25 heavy (non-hydrogen) atoms. The predicted octanol–water partition coefficient (Wildman–Crippen LogP) is 0.771. The fourth-order valence-electron chi connectivity index (χ4n) is 2.44. The van der Waals surface area contributed by atoms with Crippen molar-refractivity contribution in [3.63, 3.8) is 0 Å². The number of carbonyl (C=O) groups is 2. The molecule has 2 rings (SSSR count). The van der Waals surface area contributed by atoms with Gasteiger partial charge in [-0.1, -0.05) is 13.3 Å². The monoisotopic (exact) mass is 346 g/mol. The fourth-order valence-corrected chi connectivity index (χ4v) is 2.44. The summed E-state index contributed by atoms with van der Waals surface area (Å²) in [6.07, 6.45) is 1.88. The first-order valence-electron chi connectivity index (χ1n) is 8.15. The second-order valence-electron chi connectivity index (χ2n) is 5.61. The summed E-state index contributed by atoms with van der Waals surface area (Å²) in [5, 5.41) is 13.7. The van der Waals surface area contributed by atoms with E-state index in [-0.39, 0.29) is 25.5 Å². The number of aryl methyl sites for hydroxylation is 1. The maximum absolute atomic E-state index is 11.6. The molecule has 0 aliphatic carbocycles. The summed E-state index contributed by atoms with van der Waals surface area (Å²) in [4.78, 5) is 33.5. The Kier molecular flexibility index (Phi) is 6.56. The van der Waals surface area contributed by atoms with Crippen molar-refractivity contribution in [1.29, 1.82) is 0 Å². The number of fused-ring (bicyclic) bond motifs is 1. The smallest absolute Gasteiger partial charge is 0.336 e. The maximum atomic E-state index is 11.6. The Hall–Kier alpha value is -2.83. The van der Waals surface area contributed by atoms with Crippen LogP contribution in [0.4, 0.5) is 0 Å². The highest BCUT2D eigenvalue weighted by Gasteiger charge is 2.08. The minimum absolute atomic E-state index is 0.106. The number of amides is 1. The Morgan fingerprint density at radius 2 is 2.08 bits per heavy atom. The molecule has 2 aromatic rings. The van der Waals surface area contributed by atoms with E-state index in [9.17, 15) is 19.5 Å². The number of carboxylic acids is 1. The average molecular weight is 346 g/mol. The quantitative estimate of drug-likeness (QED) is 0.531. The number of aliphatic carboxylic acids is 1. The van der Waals surface area contributed by atoms with Gasteiger partial charge in [0.05, 0.1) is 0 Å². The molecule has 7 nitrogen and oxygen atoms in total. The van der Waals surface area contributed by atoms with Crippen molar-refractivity contribution in [3.8, 4) is 5.75 Å². The molecule has 7 heteroatoms. The van der Waals surface area contributed by atoms with E-state index in [0.717, 1.165) is 23.8 Å². The van der Waals surface area contributed by atoms with Gasteiger partial charge in [-0.3, -0.25) is 4.79 Å². The Balaban J connectivity index is 1.96. The zero-order chi connectivity index (χ0) is 18.2. The Morgan fingerprint density at radius 1 is 1.28 bits per heavy atom. The molecule has 0 saturated carbocycles. The molecular formula is C18H20NO6-. The summed E-state index contributed by atoms with van der Waals surface area (Å²) in [7, 11) is 0. The first-order chi connectivity index (χ1) is 12.0. The normalized spacial score (nSPS) is 10.6. The van der Waals surface area contributed by atoms with Crippen molar-refractivity contribution < 1.29 is 23.8 Å². The second-order valence-corrected chi connectivity index (χ2v) is 5.61. The van der Waals surface area contributed by atoms with E-state index in [1.165, 1.54) is 6.07 Å². The molecule has 0 spiro atoms. The summed E-state index contributed by atoms with van der Waals surface area (Å²) in [5.41, 5.74) is 0.924. The molecule has 1 N–H and O–H groups in total. The van der Waals surface area contributed by atoms with E-state index in [0.29, 0.717) is 17.8 Å². The molecular weight excluding hydrogens is 326 g/mol. The number of benzene rings is 1. The summed E-state index contributed by atoms with van der Waals surface area (Å²) < 4.78 is 10.6. The molecule has 0 aliphatic rings. The van der Waals surface area contributed by atoms with Crippen molar-refractivity contribution in [3.05, 3.63) is 40.2 Å². The summed E-state index contributed by atoms with van der Waals surface area (Å²) in [5.74, 6) is -1.10. The minimum Gasteiger partial charge on any atom is -0.550 e. The third kappa shape index (κ3) is 5.63. The lowest BCUT2D eigenvalue weighted by molar-refractivity contribution is -0.305. The van der Waals surface area contributed by atoms with Crippen LogP contribution in [-0.2, 0) is 16.0 Å². The van der Waals surface area contributed by atoms with Crippen LogP contribution in [0.3, 0.4) is 0 Å². The fraction of sp³-hybridized carbons (Fsp3) is 0.389. The second kappa shape index (κ2) is 8.86. The van der Waals surface area contributed by atoms with Crippen molar-refractivity contribution in [2.75, 3.05) is 13.2 Å². The van der Waals surface area contributed by atoms with Crippen LogP contribution in [0.2, 0.25) is 0 Å². The first kappa shape index (κ1) is 18.5. The molecule has 0 unspecified atom stereocenters. The van der Waals surface area contributed by atoms with E-state index in [1.54, 1.807) is 18.2 Å². The lowest BCUT2D eigenvalue weighted by Crippen LogP contribution is -2.31. The van der Waals surface area contributed by atoms with Crippen molar-refractivity contribution in [1.82, 2.24) is 5.32 Å². The number of rotatable bonds is 9. The molecule has 1 heterocycles. The number of ether oxygens (including phenoxy) is 1. The van der Waals surface area contributed by atoms with Crippen LogP contribution in [0.25, 0.3) is 11.0 Å². The zero-order valence-corrected chi connectivity index (χ0v) is 14.0. The molecule has 1 aromatic carbocycles.